The third-order valence-corrected chi connectivity index (χ3v) is 4.24. The molecule has 0 bridgehead atoms. The Morgan fingerprint density at radius 1 is 0.909 bits per heavy atom. The molecule has 1 heterocycles. The van der Waals surface area contributed by atoms with Gasteiger partial charge in [0.15, 0.2) is 0 Å². The summed E-state index contributed by atoms with van der Waals surface area (Å²) in [5, 5.41) is 10.2. The van der Waals surface area contributed by atoms with E-state index in [4.69, 9.17) is 9.47 Å². The average Bonchev–Trinajstić information content (AvgIpc) is 2.55. The van der Waals surface area contributed by atoms with Gasteiger partial charge < -0.3 is 14.6 Å². The van der Waals surface area contributed by atoms with Crippen LogP contribution in [0.1, 0.15) is 41.7 Å². The lowest BCUT2D eigenvalue weighted by Crippen LogP contribution is -2.26. The number of hydrogen-bond donors (Lipinski definition) is 1. The summed E-state index contributed by atoms with van der Waals surface area (Å²) < 4.78 is 11.4. The molecule has 0 amide bonds. The molecule has 1 aliphatic heterocycles. The van der Waals surface area contributed by atoms with Gasteiger partial charge in [-0.1, -0.05) is 42.0 Å². The first-order chi connectivity index (χ1) is 10.7. The highest BCUT2D eigenvalue weighted by atomic mass is 16.5. The molecular formula is C19H22O3. The Balaban J connectivity index is 1.79. The number of rotatable bonds is 3. The van der Waals surface area contributed by atoms with Crippen molar-refractivity contribution in [3.63, 3.8) is 0 Å². The number of ether oxygens (including phenoxy) is 2. The zero-order valence-electron chi connectivity index (χ0n) is 13.0. The molecule has 2 aromatic carbocycles. The molecule has 0 aliphatic carbocycles. The lowest BCUT2D eigenvalue weighted by Gasteiger charge is -2.34. The highest BCUT2D eigenvalue weighted by Crippen LogP contribution is 2.39. The molecule has 0 unspecified atom stereocenters. The van der Waals surface area contributed by atoms with Crippen molar-refractivity contribution in [2.75, 3.05) is 7.11 Å². The van der Waals surface area contributed by atoms with Crippen molar-refractivity contribution in [1.29, 1.82) is 0 Å². The maximum absolute atomic E-state index is 10.2. The van der Waals surface area contributed by atoms with E-state index in [0.717, 1.165) is 16.9 Å². The predicted octanol–water partition coefficient (Wildman–Crippen LogP) is 3.96. The molecule has 0 spiro atoms. The van der Waals surface area contributed by atoms with Crippen LogP contribution in [0.4, 0.5) is 0 Å². The number of aliphatic hydroxyl groups excluding tert-OH is 1. The topological polar surface area (TPSA) is 38.7 Å². The second-order valence-corrected chi connectivity index (χ2v) is 5.92. The summed E-state index contributed by atoms with van der Waals surface area (Å²) in [4.78, 5) is 0. The summed E-state index contributed by atoms with van der Waals surface area (Å²) >= 11 is 0. The van der Waals surface area contributed by atoms with Crippen molar-refractivity contribution < 1.29 is 14.6 Å². The molecule has 2 aromatic rings. The summed E-state index contributed by atoms with van der Waals surface area (Å²) in [7, 11) is 1.66. The van der Waals surface area contributed by atoms with Gasteiger partial charge in [-0.2, -0.15) is 0 Å². The van der Waals surface area contributed by atoms with Crippen LogP contribution >= 0.6 is 0 Å². The van der Waals surface area contributed by atoms with Crippen LogP contribution in [-0.2, 0) is 4.74 Å². The third kappa shape index (κ3) is 3.32. The van der Waals surface area contributed by atoms with E-state index in [1.165, 1.54) is 5.56 Å². The number of methoxy groups -OCH3 is 1. The van der Waals surface area contributed by atoms with Crippen LogP contribution in [0.25, 0.3) is 0 Å². The third-order valence-electron chi connectivity index (χ3n) is 4.24. The van der Waals surface area contributed by atoms with Gasteiger partial charge in [-0.3, -0.25) is 0 Å². The standard InChI is InChI=1S/C19H22O3/c1-13-3-5-14(6-4-13)18-11-16(20)12-19(22-18)15-7-9-17(21-2)10-8-15/h3-10,16,18-20H,11-12H2,1-2H3/t16-,18-,19+/m1/s1. The van der Waals surface area contributed by atoms with E-state index < -0.39 is 0 Å². The molecule has 3 nitrogen and oxygen atoms in total. The number of aliphatic hydroxyl groups is 1. The Bertz CT molecular complexity index is 604. The van der Waals surface area contributed by atoms with Gasteiger partial charge >= 0.3 is 0 Å². The number of aryl methyl sites for hydroxylation is 1. The molecule has 1 aliphatic rings. The van der Waals surface area contributed by atoms with Gasteiger partial charge in [0.25, 0.3) is 0 Å². The summed E-state index contributed by atoms with van der Waals surface area (Å²) in [6.45, 7) is 2.07. The highest BCUT2D eigenvalue weighted by Gasteiger charge is 2.30. The summed E-state index contributed by atoms with van der Waals surface area (Å²) in [5.74, 6) is 0.829. The molecule has 116 valence electrons. The van der Waals surface area contributed by atoms with Crippen molar-refractivity contribution in [2.45, 2.75) is 38.1 Å². The van der Waals surface area contributed by atoms with Gasteiger partial charge in [0.2, 0.25) is 0 Å². The average molecular weight is 298 g/mol. The zero-order chi connectivity index (χ0) is 15.5. The molecule has 1 N–H and O–H groups in total. The Hall–Kier alpha value is -1.84. The zero-order valence-corrected chi connectivity index (χ0v) is 13.0. The van der Waals surface area contributed by atoms with Gasteiger partial charge in [-0.05, 0) is 30.2 Å². The second-order valence-electron chi connectivity index (χ2n) is 5.92. The van der Waals surface area contributed by atoms with E-state index in [2.05, 4.69) is 31.2 Å². The molecule has 0 aromatic heterocycles. The molecule has 0 saturated carbocycles. The van der Waals surface area contributed by atoms with Crippen LogP contribution in [0, 0.1) is 6.92 Å². The molecule has 1 saturated heterocycles. The van der Waals surface area contributed by atoms with E-state index in [1.54, 1.807) is 7.11 Å². The van der Waals surface area contributed by atoms with Gasteiger partial charge in [0.05, 0.1) is 25.4 Å². The number of benzene rings is 2. The minimum Gasteiger partial charge on any atom is -0.497 e. The van der Waals surface area contributed by atoms with Crippen molar-refractivity contribution in [1.82, 2.24) is 0 Å². The SMILES string of the molecule is COc1ccc([C@@H]2C[C@H](O)C[C@H](c3ccc(C)cc3)O2)cc1. The predicted molar refractivity (Wildman–Crippen MR) is 86.0 cm³/mol. The molecular weight excluding hydrogens is 276 g/mol. The van der Waals surface area contributed by atoms with E-state index in [1.807, 2.05) is 24.3 Å². The smallest absolute Gasteiger partial charge is 0.118 e. The first-order valence-electron chi connectivity index (χ1n) is 7.70. The Morgan fingerprint density at radius 2 is 1.41 bits per heavy atom. The summed E-state index contributed by atoms with van der Waals surface area (Å²) in [6.07, 6.45) is 0.800. The Kier molecular flexibility index (Phi) is 4.46. The Morgan fingerprint density at radius 3 is 1.91 bits per heavy atom. The fourth-order valence-corrected chi connectivity index (χ4v) is 2.93. The van der Waals surface area contributed by atoms with Gasteiger partial charge in [0.1, 0.15) is 5.75 Å². The van der Waals surface area contributed by atoms with E-state index in [-0.39, 0.29) is 18.3 Å². The van der Waals surface area contributed by atoms with Crippen LogP contribution in [0.15, 0.2) is 48.5 Å². The number of hydrogen-bond acceptors (Lipinski definition) is 3. The monoisotopic (exact) mass is 298 g/mol. The fourth-order valence-electron chi connectivity index (χ4n) is 2.93. The largest absolute Gasteiger partial charge is 0.497 e. The normalized spacial score (nSPS) is 25.0. The molecule has 0 radical (unpaired) electrons. The summed E-state index contributed by atoms with van der Waals surface area (Å²) in [6, 6.07) is 16.2. The van der Waals surface area contributed by atoms with Crippen LogP contribution < -0.4 is 4.74 Å². The molecule has 3 rings (SSSR count). The van der Waals surface area contributed by atoms with Crippen LogP contribution in [0.3, 0.4) is 0 Å². The van der Waals surface area contributed by atoms with Gasteiger partial charge in [-0.15, -0.1) is 0 Å². The van der Waals surface area contributed by atoms with Crippen molar-refractivity contribution >= 4 is 0 Å². The first kappa shape index (κ1) is 15.1. The lowest BCUT2D eigenvalue weighted by atomic mass is 9.92. The minimum atomic E-state index is -0.341. The quantitative estimate of drug-likeness (QED) is 0.932. The van der Waals surface area contributed by atoms with Crippen LogP contribution in [0.2, 0.25) is 0 Å². The maximum Gasteiger partial charge on any atom is 0.118 e. The van der Waals surface area contributed by atoms with Gasteiger partial charge in [-0.25, -0.2) is 0 Å². The molecule has 3 atom stereocenters. The van der Waals surface area contributed by atoms with Crippen LogP contribution in [-0.4, -0.2) is 18.3 Å². The Labute approximate surface area is 131 Å². The molecule has 3 heteroatoms. The van der Waals surface area contributed by atoms with Crippen molar-refractivity contribution in [3.8, 4) is 5.75 Å². The molecule has 22 heavy (non-hydrogen) atoms. The minimum absolute atomic E-state index is 0.0588. The maximum atomic E-state index is 10.2. The molecule has 1 fully saturated rings. The van der Waals surface area contributed by atoms with Crippen molar-refractivity contribution in [2.24, 2.45) is 0 Å². The fraction of sp³-hybridized carbons (Fsp3) is 0.368. The summed E-state index contributed by atoms with van der Waals surface area (Å²) in [5.41, 5.74) is 3.44. The first-order valence-corrected chi connectivity index (χ1v) is 7.70. The van der Waals surface area contributed by atoms with Gasteiger partial charge in [0, 0.05) is 12.8 Å². The lowest BCUT2D eigenvalue weighted by molar-refractivity contribution is -0.0998. The van der Waals surface area contributed by atoms with E-state index in [0.29, 0.717) is 12.8 Å². The van der Waals surface area contributed by atoms with Crippen molar-refractivity contribution in [3.05, 3.63) is 65.2 Å². The highest BCUT2D eigenvalue weighted by molar-refractivity contribution is 5.29. The van der Waals surface area contributed by atoms with E-state index in [9.17, 15) is 5.11 Å². The second kappa shape index (κ2) is 6.51. The van der Waals surface area contributed by atoms with Crippen LogP contribution in [0.5, 0.6) is 5.75 Å². The van der Waals surface area contributed by atoms with E-state index >= 15 is 0 Å².